The first-order chi connectivity index (χ1) is 8.99. The Hall–Kier alpha value is -1.10. The molecule has 0 aromatic heterocycles. The lowest BCUT2D eigenvalue weighted by atomic mass is 9.81. The van der Waals surface area contributed by atoms with Crippen molar-refractivity contribution in [2.75, 3.05) is 33.7 Å². The van der Waals surface area contributed by atoms with E-state index < -0.39 is 0 Å². The summed E-state index contributed by atoms with van der Waals surface area (Å²) in [6, 6.07) is 0. The molecule has 0 spiro atoms. The maximum Gasteiger partial charge on any atom is 0.241 e. The molecule has 1 aliphatic carbocycles. The predicted molar refractivity (Wildman–Crippen MR) is 75.5 cm³/mol. The fourth-order valence-electron chi connectivity index (χ4n) is 2.64. The lowest BCUT2D eigenvalue weighted by molar-refractivity contribution is -0.142. The van der Waals surface area contributed by atoms with Crippen molar-refractivity contribution in [3.63, 3.8) is 0 Å². The SMILES string of the molecule is CCN(CC(=O)N(C)C)C(=O)C1CCCC(CN)C1. The van der Waals surface area contributed by atoms with E-state index in [2.05, 4.69) is 0 Å². The largest absolute Gasteiger partial charge is 0.347 e. The van der Waals surface area contributed by atoms with Gasteiger partial charge in [0.2, 0.25) is 11.8 Å². The molecule has 5 nitrogen and oxygen atoms in total. The van der Waals surface area contributed by atoms with Crippen molar-refractivity contribution in [3.8, 4) is 0 Å². The predicted octanol–water partition coefficient (Wildman–Crippen LogP) is 0.688. The summed E-state index contributed by atoms with van der Waals surface area (Å²) in [7, 11) is 3.43. The van der Waals surface area contributed by atoms with E-state index in [0.29, 0.717) is 19.0 Å². The van der Waals surface area contributed by atoms with Crippen molar-refractivity contribution in [2.45, 2.75) is 32.6 Å². The molecule has 0 radical (unpaired) electrons. The van der Waals surface area contributed by atoms with Crippen LogP contribution >= 0.6 is 0 Å². The fourth-order valence-corrected chi connectivity index (χ4v) is 2.64. The van der Waals surface area contributed by atoms with Gasteiger partial charge >= 0.3 is 0 Å². The number of amides is 2. The Morgan fingerprint density at radius 3 is 2.47 bits per heavy atom. The van der Waals surface area contributed by atoms with Gasteiger partial charge < -0.3 is 15.5 Å². The van der Waals surface area contributed by atoms with E-state index in [0.717, 1.165) is 25.7 Å². The summed E-state index contributed by atoms with van der Waals surface area (Å²) in [6.07, 6.45) is 4.00. The monoisotopic (exact) mass is 269 g/mol. The summed E-state index contributed by atoms with van der Waals surface area (Å²) < 4.78 is 0. The molecule has 19 heavy (non-hydrogen) atoms. The number of hydrogen-bond acceptors (Lipinski definition) is 3. The summed E-state index contributed by atoms with van der Waals surface area (Å²) in [5, 5.41) is 0. The zero-order chi connectivity index (χ0) is 14.4. The molecule has 0 bridgehead atoms. The van der Waals surface area contributed by atoms with E-state index in [-0.39, 0.29) is 24.3 Å². The summed E-state index contributed by atoms with van der Waals surface area (Å²) >= 11 is 0. The van der Waals surface area contributed by atoms with Gasteiger partial charge in [-0.1, -0.05) is 6.42 Å². The van der Waals surface area contributed by atoms with Gasteiger partial charge in [0, 0.05) is 26.6 Å². The summed E-state index contributed by atoms with van der Waals surface area (Å²) in [6.45, 7) is 3.35. The number of hydrogen-bond donors (Lipinski definition) is 1. The fraction of sp³-hybridized carbons (Fsp3) is 0.857. The van der Waals surface area contributed by atoms with E-state index in [4.69, 9.17) is 5.73 Å². The minimum Gasteiger partial charge on any atom is -0.347 e. The lowest BCUT2D eigenvalue weighted by Crippen LogP contribution is -2.44. The Morgan fingerprint density at radius 2 is 1.95 bits per heavy atom. The normalized spacial score (nSPS) is 22.9. The summed E-state index contributed by atoms with van der Waals surface area (Å²) in [4.78, 5) is 27.4. The smallest absolute Gasteiger partial charge is 0.241 e. The topological polar surface area (TPSA) is 66.6 Å². The van der Waals surface area contributed by atoms with Crippen LogP contribution in [-0.4, -0.2) is 55.3 Å². The molecule has 1 fully saturated rings. The Labute approximate surface area is 116 Å². The molecule has 0 aromatic rings. The highest BCUT2D eigenvalue weighted by Gasteiger charge is 2.30. The van der Waals surface area contributed by atoms with Crippen LogP contribution in [0.15, 0.2) is 0 Å². The van der Waals surface area contributed by atoms with Crippen molar-refractivity contribution in [1.29, 1.82) is 0 Å². The van der Waals surface area contributed by atoms with Crippen LogP contribution in [0, 0.1) is 11.8 Å². The number of carbonyl (C=O) groups excluding carboxylic acids is 2. The standard InChI is InChI=1S/C14H27N3O2/c1-4-17(10-13(18)16(2)3)14(19)12-7-5-6-11(8-12)9-15/h11-12H,4-10,15H2,1-3H3. The van der Waals surface area contributed by atoms with Gasteiger partial charge in [0.1, 0.15) is 0 Å². The van der Waals surface area contributed by atoms with Crippen LogP contribution in [-0.2, 0) is 9.59 Å². The van der Waals surface area contributed by atoms with Crippen molar-refractivity contribution < 1.29 is 9.59 Å². The molecule has 2 atom stereocenters. The number of nitrogens with zero attached hydrogens (tertiary/aromatic N) is 2. The molecular formula is C14H27N3O2. The average molecular weight is 269 g/mol. The van der Waals surface area contributed by atoms with Gasteiger partial charge in [0.25, 0.3) is 0 Å². The van der Waals surface area contributed by atoms with E-state index in [1.54, 1.807) is 19.0 Å². The van der Waals surface area contributed by atoms with E-state index >= 15 is 0 Å². The number of nitrogens with two attached hydrogens (primary N) is 1. The van der Waals surface area contributed by atoms with Gasteiger partial charge in [-0.05, 0) is 38.6 Å². The van der Waals surface area contributed by atoms with E-state index in [9.17, 15) is 9.59 Å². The molecular weight excluding hydrogens is 242 g/mol. The molecule has 0 aromatic carbocycles. The van der Waals surface area contributed by atoms with Crippen LogP contribution < -0.4 is 5.73 Å². The molecule has 0 saturated heterocycles. The third-order valence-electron chi connectivity index (χ3n) is 3.98. The number of carbonyl (C=O) groups is 2. The second-order valence-electron chi connectivity index (χ2n) is 5.61. The van der Waals surface area contributed by atoms with Gasteiger partial charge in [-0.25, -0.2) is 0 Å². The summed E-state index contributed by atoms with van der Waals surface area (Å²) in [5.74, 6) is 0.611. The minimum atomic E-state index is -0.0265. The van der Waals surface area contributed by atoms with Gasteiger partial charge in [-0.2, -0.15) is 0 Å². The van der Waals surface area contributed by atoms with Crippen molar-refractivity contribution in [3.05, 3.63) is 0 Å². The molecule has 0 heterocycles. The van der Waals surface area contributed by atoms with Crippen molar-refractivity contribution in [2.24, 2.45) is 17.6 Å². The highest BCUT2D eigenvalue weighted by Crippen LogP contribution is 2.29. The second kappa shape index (κ2) is 7.48. The van der Waals surface area contributed by atoms with Gasteiger partial charge in [0.15, 0.2) is 0 Å². The maximum atomic E-state index is 12.5. The van der Waals surface area contributed by atoms with Gasteiger partial charge in [0.05, 0.1) is 6.54 Å². The van der Waals surface area contributed by atoms with Gasteiger partial charge in [-0.3, -0.25) is 9.59 Å². The number of likely N-dealkylation sites (N-methyl/N-ethyl adjacent to an activating group) is 2. The second-order valence-corrected chi connectivity index (χ2v) is 5.61. The van der Waals surface area contributed by atoms with E-state index in [1.807, 2.05) is 6.92 Å². The van der Waals surface area contributed by atoms with Crippen LogP contribution in [0.4, 0.5) is 0 Å². The third-order valence-corrected chi connectivity index (χ3v) is 3.98. The zero-order valence-corrected chi connectivity index (χ0v) is 12.4. The molecule has 1 rings (SSSR count). The highest BCUT2D eigenvalue weighted by atomic mass is 16.2. The van der Waals surface area contributed by atoms with Crippen molar-refractivity contribution in [1.82, 2.24) is 9.80 Å². The molecule has 2 N–H and O–H groups in total. The Balaban J connectivity index is 2.59. The molecule has 1 saturated carbocycles. The van der Waals surface area contributed by atoms with Gasteiger partial charge in [-0.15, -0.1) is 0 Å². The van der Waals surface area contributed by atoms with E-state index in [1.165, 1.54) is 4.90 Å². The number of rotatable bonds is 5. The maximum absolute atomic E-state index is 12.5. The third kappa shape index (κ3) is 4.49. The molecule has 0 aliphatic heterocycles. The van der Waals surface area contributed by atoms with Crippen LogP contribution in [0.5, 0.6) is 0 Å². The molecule has 2 amide bonds. The van der Waals surface area contributed by atoms with Crippen molar-refractivity contribution >= 4 is 11.8 Å². The Kier molecular flexibility index (Phi) is 6.28. The molecule has 2 unspecified atom stereocenters. The highest BCUT2D eigenvalue weighted by molar-refractivity contribution is 5.85. The zero-order valence-electron chi connectivity index (χ0n) is 12.4. The quantitative estimate of drug-likeness (QED) is 0.798. The first kappa shape index (κ1) is 16.0. The van der Waals surface area contributed by atoms with Crippen LogP contribution in [0.1, 0.15) is 32.6 Å². The first-order valence-corrected chi connectivity index (χ1v) is 7.18. The Morgan fingerprint density at radius 1 is 1.26 bits per heavy atom. The molecule has 110 valence electrons. The van der Waals surface area contributed by atoms with Crippen LogP contribution in [0.2, 0.25) is 0 Å². The molecule has 1 aliphatic rings. The minimum absolute atomic E-state index is 0.0265. The van der Waals surface area contributed by atoms with Crippen LogP contribution in [0.3, 0.4) is 0 Å². The average Bonchev–Trinajstić information content (AvgIpc) is 2.43. The Bertz CT molecular complexity index is 318. The lowest BCUT2D eigenvalue weighted by Gasteiger charge is -2.32. The van der Waals surface area contributed by atoms with Crippen LogP contribution in [0.25, 0.3) is 0 Å². The summed E-state index contributed by atoms with van der Waals surface area (Å²) in [5.41, 5.74) is 5.71. The molecule has 5 heteroatoms. The first-order valence-electron chi connectivity index (χ1n) is 7.18.